The van der Waals surface area contributed by atoms with Crippen molar-refractivity contribution in [1.29, 1.82) is 0 Å². The van der Waals surface area contributed by atoms with Gasteiger partial charge in [0.25, 0.3) is 0 Å². The van der Waals surface area contributed by atoms with Crippen LogP contribution in [0, 0.1) is 5.92 Å². The molecule has 1 saturated carbocycles. The highest BCUT2D eigenvalue weighted by molar-refractivity contribution is 6.00. The first-order valence-corrected chi connectivity index (χ1v) is 14.7. The molecule has 3 aliphatic rings. The summed E-state index contributed by atoms with van der Waals surface area (Å²) < 4.78 is 5.80. The Morgan fingerprint density at radius 3 is 2.49 bits per heavy atom. The van der Waals surface area contributed by atoms with Crippen LogP contribution in [0.15, 0.2) is 48.7 Å². The normalized spacial score (nSPS) is 23.0. The fourth-order valence-corrected chi connectivity index (χ4v) is 6.47. The predicted octanol–water partition coefficient (Wildman–Crippen LogP) is 4.28. The maximum Gasteiger partial charge on any atom is 0.248 e. The first-order valence-electron chi connectivity index (χ1n) is 14.7. The van der Waals surface area contributed by atoms with Gasteiger partial charge in [0.2, 0.25) is 17.7 Å². The molecule has 39 heavy (non-hydrogen) atoms. The number of benzene rings is 1. The number of pyridine rings is 1. The van der Waals surface area contributed by atoms with Crippen molar-refractivity contribution in [1.82, 2.24) is 20.1 Å². The van der Waals surface area contributed by atoms with Crippen LogP contribution in [0.2, 0.25) is 0 Å². The van der Waals surface area contributed by atoms with E-state index in [9.17, 15) is 14.7 Å². The van der Waals surface area contributed by atoms with Crippen LogP contribution in [-0.4, -0.2) is 69.0 Å². The third-order valence-electron chi connectivity index (χ3n) is 8.82. The number of unbranched alkanes of at least 4 members (excludes halogenated alkanes) is 1. The molecule has 0 radical (unpaired) electrons. The van der Waals surface area contributed by atoms with Crippen molar-refractivity contribution in [2.45, 2.75) is 88.9 Å². The van der Waals surface area contributed by atoms with Crippen molar-refractivity contribution >= 4 is 11.8 Å². The lowest BCUT2D eigenvalue weighted by atomic mass is 9.78. The maximum atomic E-state index is 13.8. The number of carbonyl (C=O) groups is 2. The van der Waals surface area contributed by atoms with E-state index in [2.05, 4.69) is 22.1 Å². The molecule has 2 saturated heterocycles. The lowest BCUT2D eigenvalue weighted by Crippen LogP contribution is -2.75. The Labute approximate surface area is 231 Å². The zero-order chi connectivity index (χ0) is 27.2. The molecule has 0 bridgehead atoms. The molecule has 3 heterocycles. The van der Waals surface area contributed by atoms with E-state index >= 15 is 0 Å². The summed E-state index contributed by atoms with van der Waals surface area (Å²) in [4.78, 5) is 36.1. The number of para-hydroxylation sites is 1. The summed E-state index contributed by atoms with van der Waals surface area (Å²) in [5.74, 6) is 1.18. The molecule has 2 aliphatic heterocycles. The number of ether oxygens (including phenoxy) is 1. The molecule has 3 fully saturated rings. The number of amides is 2. The van der Waals surface area contributed by atoms with Crippen LogP contribution in [-0.2, 0) is 16.1 Å². The first-order chi connectivity index (χ1) is 19.0. The summed E-state index contributed by atoms with van der Waals surface area (Å²) in [5.41, 5.74) is 0.242. The highest BCUT2D eigenvalue weighted by Gasteiger charge is 2.55. The van der Waals surface area contributed by atoms with Crippen molar-refractivity contribution < 1.29 is 19.4 Å². The number of aromatic nitrogens is 1. The molecular weight excluding hydrogens is 492 g/mol. The van der Waals surface area contributed by atoms with Crippen molar-refractivity contribution in [2.24, 2.45) is 5.92 Å². The second-order valence-corrected chi connectivity index (χ2v) is 11.4. The van der Waals surface area contributed by atoms with E-state index in [1.807, 2.05) is 53.6 Å². The predicted molar refractivity (Wildman–Crippen MR) is 149 cm³/mol. The average molecular weight is 535 g/mol. The van der Waals surface area contributed by atoms with Crippen molar-refractivity contribution in [3.8, 4) is 11.6 Å². The number of aliphatic hydroxyl groups excluding tert-OH is 1. The van der Waals surface area contributed by atoms with Crippen LogP contribution in [0.25, 0.3) is 0 Å². The van der Waals surface area contributed by atoms with Crippen molar-refractivity contribution in [3.05, 3.63) is 54.2 Å². The molecule has 2 N–H and O–H groups in total. The monoisotopic (exact) mass is 534 g/mol. The maximum absolute atomic E-state index is 13.8. The third-order valence-corrected chi connectivity index (χ3v) is 8.82. The smallest absolute Gasteiger partial charge is 0.248 e. The number of hydrogen-bond acceptors (Lipinski definition) is 6. The molecule has 5 rings (SSSR count). The van der Waals surface area contributed by atoms with Gasteiger partial charge >= 0.3 is 0 Å². The van der Waals surface area contributed by atoms with E-state index in [0.29, 0.717) is 38.4 Å². The van der Waals surface area contributed by atoms with E-state index in [-0.39, 0.29) is 17.7 Å². The fraction of sp³-hybridized carbons (Fsp3) is 0.581. The standard InChI is InChI=1S/C31H42N4O4/c1-2-3-18-35-29(37)27(28(36)24-10-6-4-7-11-24)33-30(38)31(35)16-19-34(20-17-31)22-23-14-15-26(32-21-23)39-25-12-8-5-9-13-25/h5,8-9,12-15,21,24,27-28,36H,2-4,6-7,10-11,16-20,22H2,1H3,(H,33,38). The molecule has 8 nitrogen and oxygen atoms in total. The second-order valence-electron chi connectivity index (χ2n) is 11.4. The van der Waals surface area contributed by atoms with Crippen LogP contribution in [0.1, 0.15) is 70.3 Å². The quantitative estimate of drug-likeness (QED) is 0.499. The van der Waals surface area contributed by atoms with Crippen LogP contribution in [0.5, 0.6) is 11.6 Å². The van der Waals surface area contributed by atoms with Gasteiger partial charge in [-0.3, -0.25) is 14.5 Å². The number of rotatable bonds is 9. The van der Waals surface area contributed by atoms with E-state index in [1.165, 1.54) is 6.42 Å². The summed E-state index contributed by atoms with van der Waals surface area (Å²) in [5, 5.41) is 14.1. The summed E-state index contributed by atoms with van der Waals surface area (Å²) in [6.45, 7) is 4.80. The molecule has 2 amide bonds. The number of likely N-dealkylation sites (tertiary alicyclic amines) is 1. The Balaban J connectivity index is 1.22. The van der Waals surface area contributed by atoms with Gasteiger partial charge in [-0.2, -0.15) is 0 Å². The molecule has 8 heteroatoms. The molecule has 210 valence electrons. The fourth-order valence-electron chi connectivity index (χ4n) is 6.47. The van der Waals surface area contributed by atoms with Gasteiger partial charge in [-0.1, -0.05) is 56.9 Å². The summed E-state index contributed by atoms with van der Waals surface area (Å²) in [6.07, 6.45) is 9.16. The van der Waals surface area contributed by atoms with Gasteiger partial charge in [-0.25, -0.2) is 4.98 Å². The Kier molecular flexibility index (Phi) is 8.82. The molecule has 2 aromatic rings. The van der Waals surface area contributed by atoms with Crippen LogP contribution in [0.4, 0.5) is 0 Å². The number of piperidine rings is 1. The zero-order valence-electron chi connectivity index (χ0n) is 23.1. The third kappa shape index (κ3) is 6.12. The van der Waals surface area contributed by atoms with Crippen molar-refractivity contribution in [2.75, 3.05) is 19.6 Å². The number of nitrogens with zero attached hydrogens (tertiary/aromatic N) is 3. The number of aliphatic hydroxyl groups is 1. The topological polar surface area (TPSA) is 95.0 Å². The van der Waals surface area contributed by atoms with Gasteiger partial charge < -0.3 is 20.1 Å². The van der Waals surface area contributed by atoms with Gasteiger partial charge in [0.15, 0.2) is 0 Å². The van der Waals surface area contributed by atoms with Gasteiger partial charge in [0.05, 0.1) is 6.10 Å². The van der Waals surface area contributed by atoms with Gasteiger partial charge in [0, 0.05) is 38.4 Å². The highest BCUT2D eigenvalue weighted by Crippen LogP contribution is 2.36. The average Bonchev–Trinajstić information content (AvgIpc) is 2.98. The van der Waals surface area contributed by atoms with Gasteiger partial charge in [-0.05, 0) is 55.7 Å². The summed E-state index contributed by atoms with van der Waals surface area (Å²) in [6, 6.07) is 12.7. The second kappa shape index (κ2) is 12.5. The summed E-state index contributed by atoms with van der Waals surface area (Å²) >= 11 is 0. The summed E-state index contributed by atoms with van der Waals surface area (Å²) in [7, 11) is 0. The largest absolute Gasteiger partial charge is 0.439 e. The Morgan fingerprint density at radius 2 is 1.82 bits per heavy atom. The molecular formula is C31H42N4O4. The van der Waals surface area contributed by atoms with E-state index in [0.717, 1.165) is 56.4 Å². The van der Waals surface area contributed by atoms with Crippen LogP contribution >= 0.6 is 0 Å². The number of nitrogens with one attached hydrogen (secondary N) is 1. The molecule has 1 aliphatic carbocycles. The Hall–Kier alpha value is -2.97. The Morgan fingerprint density at radius 1 is 1.08 bits per heavy atom. The number of hydrogen-bond donors (Lipinski definition) is 2. The van der Waals surface area contributed by atoms with E-state index in [1.54, 1.807) is 0 Å². The minimum atomic E-state index is -0.836. The SMILES string of the molecule is CCCCN1C(=O)C(C(O)C2CCCCC2)NC(=O)C12CCN(Cc1ccc(Oc3ccccc3)nc1)CC2. The highest BCUT2D eigenvalue weighted by atomic mass is 16.5. The van der Waals surface area contributed by atoms with Gasteiger partial charge in [-0.15, -0.1) is 0 Å². The Bertz CT molecular complexity index is 1100. The van der Waals surface area contributed by atoms with E-state index < -0.39 is 17.7 Å². The number of carbonyl (C=O) groups excluding carboxylic acids is 2. The lowest BCUT2D eigenvalue weighted by molar-refractivity contribution is -0.166. The molecule has 2 unspecified atom stereocenters. The molecule has 1 aromatic carbocycles. The van der Waals surface area contributed by atoms with Gasteiger partial charge in [0.1, 0.15) is 17.3 Å². The molecule has 1 spiro atoms. The molecule has 2 atom stereocenters. The molecule has 1 aromatic heterocycles. The zero-order valence-corrected chi connectivity index (χ0v) is 23.1. The van der Waals surface area contributed by atoms with E-state index in [4.69, 9.17) is 4.74 Å². The minimum Gasteiger partial charge on any atom is -0.439 e. The minimum absolute atomic E-state index is 0.0787. The number of piperazine rings is 1. The van der Waals surface area contributed by atoms with Crippen molar-refractivity contribution in [3.63, 3.8) is 0 Å². The lowest BCUT2D eigenvalue weighted by Gasteiger charge is -2.52. The van der Waals surface area contributed by atoms with Crippen LogP contribution in [0.3, 0.4) is 0 Å². The first kappa shape index (κ1) is 27.6. The van der Waals surface area contributed by atoms with Crippen LogP contribution < -0.4 is 10.1 Å².